The van der Waals surface area contributed by atoms with Crippen LogP contribution in [0.2, 0.25) is 0 Å². The molecule has 3 aliphatic rings. The number of carbonyl (C=O) groups excluding carboxylic acids is 1. The molecule has 0 aromatic heterocycles. The number of benzene rings is 1. The monoisotopic (exact) mass is 543 g/mol. The highest BCUT2D eigenvalue weighted by Gasteiger charge is 2.64. The summed E-state index contributed by atoms with van der Waals surface area (Å²) in [6.45, 7) is 8.05. The minimum Gasteiger partial charge on any atom is -0.616 e. The van der Waals surface area contributed by atoms with Crippen LogP contribution >= 0.6 is 11.8 Å². The lowest BCUT2D eigenvalue weighted by atomic mass is 9.98. The lowest BCUT2D eigenvalue weighted by Gasteiger charge is -2.39. The van der Waals surface area contributed by atoms with Crippen molar-refractivity contribution in [3.05, 3.63) is 23.8 Å². The lowest BCUT2D eigenvalue weighted by molar-refractivity contribution is -0.164. The van der Waals surface area contributed by atoms with Gasteiger partial charge in [-0.25, -0.2) is 9.18 Å². The van der Waals surface area contributed by atoms with Crippen LogP contribution in [0.4, 0.5) is 4.39 Å². The molecule has 1 aromatic carbocycles. The van der Waals surface area contributed by atoms with E-state index in [2.05, 4.69) is 13.8 Å². The van der Waals surface area contributed by atoms with E-state index >= 15 is 0 Å². The Hall–Kier alpha value is -1.65. The average molecular weight is 544 g/mol. The number of hydrogen-bond donors (Lipinski definition) is 1. The van der Waals surface area contributed by atoms with Gasteiger partial charge in [0.15, 0.2) is 11.5 Å². The largest absolute Gasteiger partial charge is 0.616 e. The second-order valence-corrected chi connectivity index (χ2v) is 13.8. The third kappa shape index (κ3) is 6.81. The molecule has 1 aromatic rings. The molecule has 5 atom stereocenters. The molecule has 0 radical (unpaired) electrons. The Morgan fingerprint density at radius 3 is 2.61 bits per heavy atom. The molecule has 7 nitrogen and oxygen atoms in total. The van der Waals surface area contributed by atoms with Crippen molar-refractivity contribution in [2.24, 2.45) is 0 Å². The predicted molar refractivity (Wildman–Crippen MR) is 141 cm³/mol. The van der Waals surface area contributed by atoms with Gasteiger partial charge in [0.25, 0.3) is 5.91 Å². The molecule has 3 aliphatic heterocycles. The number of amides is 1. The van der Waals surface area contributed by atoms with Crippen molar-refractivity contribution in [1.82, 2.24) is 4.90 Å². The molecule has 3 heterocycles. The van der Waals surface area contributed by atoms with Gasteiger partial charge in [0, 0.05) is 11.2 Å². The van der Waals surface area contributed by atoms with Gasteiger partial charge in [0.2, 0.25) is 13.0 Å². The van der Waals surface area contributed by atoms with Crippen LogP contribution < -0.4 is 9.47 Å². The molecule has 0 saturated carbocycles. The van der Waals surface area contributed by atoms with E-state index in [0.29, 0.717) is 6.79 Å². The molecule has 0 aliphatic carbocycles. The highest BCUT2D eigenvalue weighted by Crippen LogP contribution is 2.51. The molecular formula is C26H38FNO6S2. The number of carboxylic acid groups (broad SMARTS) is 1. The molecule has 2 unspecified atom stereocenters. The summed E-state index contributed by atoms with van der Waals surface area (Å²) >= 11 is 0.472. The molecule has 0 spiro atoms. The first-order valence-electron chi connectivity index (χ1n) is 12.7. The van der Waals surface area contributed by atoms with Crippen LogP contribution in [0, 0.1) is 0 Å². The zero-order valence-corrected chi connectivity index (χ0v) is 23.2. The maximum atomic E-state index is 13.0. The summed E-state index contributed by atoms with van der Waals surface area (Å²) in [5.41, 5.74) is 1.17. The van der Waals surface area contributed by atoms with Gasteiger partial charge in [-0.3, -0.25) is 4.79 Å². The average Bonchev–Trinajstić information content (AvgIpc) is 3.40. The van der Waals surface area contributed by atoms with Gasteiger partial charge in [-0.15, -0.1) is 11.8 Å². The second-order valence-electron chi connectivity index (χ2n) is 10.1. The van der Waals surface area contributed by atoms with Crippen LogP contribution in [0.25, 0.3) is 0 Å². The Morgan fingerprint density at radius 1 is 1.25 bits per heavy atom. The van der Waals surface area contributed by atoms with Gasteiger partial charge < -0.3 is 24.0 Å². The molecule has 2 fully saturated rings. The topological polar surface area (TPSA) is 99.1 Å². The maximum Gasteiger partial charge on any atom is 0.327 e. The number of aliphatic carboxylic acids is 1. The predicted octanol–water partition coefficient (Wildman–Crippen LogP) is 4.93. The van der Waals surface area contributed by atoms with E-state index in [9.17, 15) is 18.5 Å². The molecule has 4 rings (SSSR count). The SMILES string of the molecule is CC1(C)S[C@@H]2[C@H](F)C(=O)N2[C@H]1C(=O)O.CCCCCCCC[S+]([O-])C(C)Cc1ccc2c(c1)OCO2. The molecule has 1 amide bonds. The van der Waals surface area contributed by atoms with Gasteiger partial charge in [0.1, 0.15) is 22.4 Å². The van der Waals surface area contributed by atoms with Gasteiger partial charge in [0.05, 0.1) is 0 Å². The number of carbonyl (C=O) groups is 2. The standard InChI is InChI=1S/C18H28O3S.C8H10FNO3S/c1-3-4-5-6-7-8-11-22(19)15(2)12-16-9-10-17-18(13-16)21-14-20-17;1-8(2)4(7(12)13)10-5(11)3(9)6(10)14-8/h9-10,13,15H,3-8,11-12,14H2,1-2H3;3-4,6H,1-2H3,(H,12,13)/t;3-,4+,6-/m.1/s1. The van der Waals surface area contributed by atoms with E-state index in [-0.39, 0.29) is 5.25 Å². The molecular weight excluding hydrogens is 505 g/mol. The Morgan fingerprint density at radius 2 is 1.92 bits per heavy atom. The van der Waals surface area contributed by atoms with Crippen molar-refractivity contribution in [3.8, 4) is 11.5 Å². The van der Waals surface area contributed by atoms with E-state index in [0.717, 1.165) is 35.0 Å². The fourth-order valence-corrected chi connectivity index (χ4v) is 7.50. The fourth-order valence-electron chi connectivity index (χ4n) is 4.68. The summed E-state index contributed by atoms with van der Waals surface area (Å²) < 4.78 is 35.5. The summed E-state index contributed by atoms with van der Waals surface area (Å²) in [6, 6.07) is 5.10. The summed E-state index contributed by atoms with van der Waals surface area (Å²) in [5, 5.41) is 8.54. The molecule has 0 bridgehead atoms. The summed E-state index contributed by atoms with van der Waals surface area (Å²) in [5.74, 6) is 0.694. The lowest BCUT2D eigenvalue weighted by Crippen LogP contribution is -2.63. The van der Waals surface area contributed by atoms with Crippen molar-refractivity contribution in [2.45, 2.75) is 100 Å². The maximum absolute atomic E-state index is 13.0. The normalized spacial score (nSPS) is 24.9. The molecule has 1 N–H and O–H groups in total. The highest BCUT2D eigenvalue weighted by atomic mass is 32.2. The van der Waals surface area contributed by atoms with E-state index in [1.54, 1.807) is 13.8 Å². The van der Waals surface area contributed by atoms with Crippen molar-refractivity contribution in [1.29, 1.82) is 0 Å². The minimum atomic E-state index is -1.52. The second kappa shape index (κ2) is 12.7. The van der Waals surface area contributed by atoms with Crippen molar-refractivity contribution in [2.75, 3.05) is 12.5 Å². The zero-order chi connectivity index (χ0) is 26.5. The van der Waals surface area contributed by atoms with Crippen LogP contribution in [-0.2, 0) is 27.2 Å². The van der Waals surface area contributed by atoms with Crippen LogP contribution in [0.3, 0.4) is 0 Å². The molecule has 2 saturated heterocycles. The smallest absolute Gasteiger partial charge is 0.327 e. The summed E-state index contributed by atoms with van der Waals surface area (Å²) in [7, 11) is 0. The number of nitrogens with zero attached hydrogens (tertiary/aromatic N) is 1. The third-order valence-corrected chi connectivity index (χ3v) is 10.0. The molecule has 36 heavy (non-hydrogen) atoms. The fraction of sp³-hybridized carbons (Fsp3) is 0.692. The van der Waals surface area contributed by atoms with Gasteiger partial charge >= 0.3 is 5.97 Å². The Balaban J connectivity index is 0.000000221. The van der Waals surface area contributed by atoms with E-state index in [1.165, 1.54) is 49.4 Å². The van der Waals surface area contributed by atoms with Crippen LogP contribution in [-0.4, -0.2) is 66.6 Å². The number of thioether (sulfide) groups is 1. The van der Waals surface area contributed by atoms with Crippen LogP contribution in [0.15, 0.2) is 18.2 Å². The quantitative estimate of drug-likeness (QED) is 0.240. The Kier molecular flexibility index (Phi) is 10.2. The Bertz CT molecular complexity index is 916. The summed E-state index contributed by atoms with van der Waals surface area (Å²) in [4.78, 5) is 23.2. The number of carboxylic acids is 1. The van der Waals surface area contributed by atoms with Crippen molar-refractivity contribution in [3.63, 3.8) is 0 Å². The zero-order valence-electron chi connectivity index (χ0n) is 21.5. The molecule has 202 valence electrons. The van der Waals surface area contributed by atoms with Crippen molar-refractivity contribution < 1.29 is 33.1 Å². The number of hydrogen-bond acceptors (Lipinski definition) is 6. The van der Waals surface area contributed by atoms with E-state index in [1.807, 2.05) is 18.2 Å². The first-order chi connectivity index (χ1) is 17.1. The van der Waals surface area contributed by atoms with Gasteiger partial charge in [-0.05, 0) is 51.3 Å². The third-order valence-electron chi connectivity index (χ3n) is 6.72. The summed E-state index contributed by atoms with van der Waals surface area (Å²) in [6.07, 6.45) is 6.80. The number of fused-ring (bicyclic) bond motifs is 2. The Labute approximate surface area is 220 Å². The number of rotatable bonds is 11. The van der Waals surface area contributed by atoms with Crippen molar-refractivity contribution >= 4 is 34.8 Å². The highest BCUT2D eigenvalue weighted by molar-refractivity contribution is 8.01. The number of halogens is 1. The number of ether oxygens (including phenoxy) is 2. The number of alkyl halides is 1. The van der Waals surface area contributed by atoms with Gasteiger partial charge in [-0.2, -0.15) is 0 Å². The minimum absolute atomic E-state index is 0.191. The number of unbranched alkanes of at least 4 members (excludes halogenated alkanes) is 5. The van der Waals surface area contributed by atoms with Crippen LogP contribution in [0.5, 0.6) is 11.5 Å². The first-order valence-corrected chi connectivity index (χ1v) is 15.0. The first kappa shape index (κ1) is 28.9. The van der Waals surface area contributed by atoms with Crippen LogP contribution in [0.1, 0.15) is 71.8 Å². The van der Waals surface area contributed by atoms with E-state index < -0.39 is 45.4 Å². The molecule has 10 heteroatoms. The van der Waals surface area contributed by atoms with Gasteiger partial charge in [-0.1, -0.05) is 49.8 Å². The van der Waals surface area contributed by atoms with E-state index in [4.69, 9.17) is 14.6 Å². The number of β-lactam (4-membered cyclic amide) rings is 1.